The van der Waals surface area contributed by atoms with Crippen molar-refractivity contribution in [2.24, 2.45) is 0 Å². The fourth-order valence-electron chi connectivity index (χ4n) is 3.10. The first-order chi connectivity index (χ1) is 8.27. The van der Waals surface area contributed by atoms with Gasteiger partial charge in [-0.1, -0.05) is 49.6 Å². The Bertz CT molecular complexity index is 350. The van der Waals surface area contributed by atoms with Crippen molar-refractivity contribution < 1.29 is 0 Å². The van der Waals surface area contributed by atoms with Gasteiger partial charge in [0.05, 0.1) is 0 Å². The molecule has 1 fully saturated rings. The lowest BCUT2D eigenvalue weighted by Gasteiger charge is -2.30. The zero-order valence-corrected chi connectivity index (χ0v) is 11.3. The van der Waals surface area contributed by atoms with Gasteiger partial charge in [-0.2, -0.15) is 0 Å². The van der Waals surface area contributed by atoms with E-state index in [-0.39, 0.29) is 0 Å². The normalized spacial score (nSPS) is 18.5. The first-order valence-corrected chi connectivity index (χ1v) is 7.05. The average molecular weight is 231 g/mol. The highest BCUT2D eigenvalue weighted by atomic mass is 14.9. The molecule has 1 aliphatic rings. The number of benzene rings is 1. The molecule has 94 valence electrons. The highest BCUT2D eigenvalue weighted by molar-refractivity contribution is 5.31. The van der Waals surface area contributed by atoms with Crippen LogP contribution in [-0.2, 0) is 5.41 Å². The first-order valence-electron chi connectivity index (χ1n) is 7.05. The van der Waals surface area contributed by atoms with E-state index in [1.807, 2.05) is 0 Å². The predicted molar refractivity (Wildman–Crippen MR) is 74.5 cm³/mol. The zero-order chi connectivity index (χ0) is 12.1. The second-order valence-electron chi connectivity index (χ2n) is 5.53. The molecule has 1 aliphatic carbocycles. The summed E-state index contributed by atoms with van der Waals surface area (Å²) in [5, 5.41) is 3.64. The summed E-state index contributed by atoms with van der Waals surface area (Å²) in [5.74, 6) is 0. The molecule has 0 radical (unpaired) electrons. The molecule has 1 aromatic rings. The Morgan fingerprint density at radius 3 is 2.65 bits per heavy atom. The minimum absolute atomic E-state index is 0.418. The second kappa shape index (κ2) is 5.68. The van der Waals surface area contributed by atoms with E-state index < -0.39 is 0 Å². The Hall–Kier alpha value is -0.820. The van der Waals surface area contributed by atoms with Crippen molar-refractivity contribution in [1.29, 1.82) is 0 Å². The summed E-state index contributed by atoms with van der Waals surface area (Å²) in [6.45, 7) is 6.74. The molecular formula is C16H25N. The van der Waals surface area contributed by atoms with E-state index in [0.29, 0.717) is 5.41 Å². The maximum Gasteiger partial charge on any atom is 0.00778 e. The molecule has 0 unspecified atom stereocenters. The standard InChI is InChI=1S/C16H25N/c1-3-11-17-13-16(9-4-5-10-16)15-8-6-7-14(2)12-15/h6-8,12,17H,3-5,9-11,13H2,1-2H3. The SMILES string of the molecule is CCCNCC1(c2cccc(C)c2)CCCC1. The lowest BCUT2D eigenvalue weighted by molar-refractivity contribution is 0.405. The van der Waals surface area contributed by atoms with Crippen LogP contribution in [0.25, 0.3) is 0 Å². The van der Waals surface area contributed by atoms with Gasteiger partial charge >= 0.3 is 0 Å². The van der Waals surface area contributed by atoms with Crippen LogP contribution in [0.3, 0.4) is 0 Å². The van der Waals surface area contributed by atoms with E-state index in [4.69, 9.17) is 0 Å². The highest BCUT2D eigenvalue weighted by Gasteiger charge is 2.34. The van der Waals surface area contributed by atoms with E-state index in [0.717, 1.165) is 13.1 Å². The van der Waals surface area contributed by atoms with Crippen LogP contribution in [-0.4, -0.2) is 13.1 Å². The Balaban J connectivity index is 2.15. The van der Waals surface area contributed by atoms with Gasteiger partial charge < -0.3 is 5.32 Å². The lowest BCUT2D eigenvalue weighted by atomic mass is 9.78. The summed E-state index contributed by atoms with van der Waals surface area (Å²) in [6, 6.07) is 9.13. The maximum absolute atomic E-state index is 3.64. The monoisotopic (exact) mass is 231 g/mol. The average Bonchev–Trinajstić information content (AvgIpc) is 2.79. The number of nitrogens with one attached hydrogen (secondary N) is 1. The van der Waals surface area contributed by atoms with E-state index in [9.17, 15) is 0 Å². The molecule has 0 amide bonds. The van der Waals surface area contributed by atoms with E-state index in [1.54, 1.807) is 5.56 Å². The van der Waals surface area contributed by atoms with Gasteiger partial charge in [-0.15, -0.1) is 0 Å². The Morgan fingerprint density at radius 1 is 1.24 bits per heavy atom. The minimum Gasteiger partial charge on any atom is -0.316 e. The van der Waals surface area contributed by atoms with Gasteiger partial charge in [0.15, 0.2) is 0 Å². The van der Waals surface area contributed by atoms with Gasteiger partial charge in [-0.3, -0.25) is 0 Å². The number of rotatable bonds is 5. The van der Waals surface area contributed by atoms with E-state index >= 15 is 0 Å². The number of hydrogen-bond acceptors (Lipinski definition) is 1. The molecule has 1 N–H and O–H groups in total. The van der Waals surface area contributed by atoms with Crippen LogP contribution in [0.1, 0.15) is 50.2 Å². The summed E-state index contributed by atoms with van der Waals surface area (Å²) >= 11 is 0. The zero-order valence-electron chi connectivity index (χ0n) is 11.3. The van der Waals surface area contributed by atoms with Crippen molar-refractivity contribution in [1.82, 2.24) is 5.32 Å². The molecule has 1 heteroatoms. The van der Waals surface area contributed by atoms with Crippen molar-refractivity contribution in [2.75, 3.05) is 13.1 Å². The molecule has 2 rings (SSSR count). The molecule has 0 saturated heterocycles. The summed E-state index contributed by atoms with van der Waals surface area (Å²) in [7, 11) is 0. The fourth-order valence-corrected chi connectivity index (χ4v) is 3.10. The quantitative estimate of drug-likeness (QED) is 0.760. The molecule has 0 spiro atoms. The molecule has 0 bridgehead atoms. The van der Waals surface area contributed by atoms with Crippen LogP contribution in [0, 0.1) is 6.92 Å². The lowest BCUT2D eigenvalue weighted by Crippen LogP contribution is -2.36. The van der Waals surface area contributed by atoms with Gasteiger partial charge in [0.25, 0.3) is 0 Å². The number of hydrogen-bond donors (Lipinski definition) is 1. The van der Waals surface area contributed by atoms with Crippen molar-refractivity contribution in [3.63, 3.8) is 0 Å². The van der Waals surface area contributed by atoms with Crippen LogP contribution in [0.4, 0.5) is 0 Å². The molecule has 1 aromatic carbocycles. The van der Waals surface area contributed by atoms with Crippen LogP contribution in [0.2, 0.25) is 0 Å². The molecule has 0 aliphatic heterocycles. The van der Waals surface area contributed by atoms with Gasteiger partial charge in [-0.05, 0) is 38.3 Å². The van der Waals surface area contributed by atoms with Crippen LogP contribution in [0.15, 0.2) is 24.3 Å². The van der Waals surface area contributed by atoms with Gasteiger partial charge in [-0.25, -0.2) is 0 Å². The third-order valence-corrected chi connectivity index (χ3v) is 4.08. The van der Waals surface area contributed by atoms with Gasteiger partial charge in [0, 0.05) is 12.0 Å². The summed E-state index contributed by atoms with van der Waals surface area (Å²) in [4.78, 5) is 0. The first kappa shape index (κ1) is 12.6. The minimum atomic E-state index is 0.418. The van der Waals surface area contributed by atoms with Crippen molar-refractivity contribution >= 4 is 0 Å². The van der Waals surface area contributed by atoms with Gasteiger partial charge in [0.2, 0.25) is 0 Å². The molecule has 1 nitrogen and oxygen atoms in total. The smallest absolute Gasteiger partial charge is 0.00778 e. The predicted octanol–water partition coefficient (Wildman–Crippen LogP) is 3.81. The maximum atomic E-state index is 3.64. The van der Waals surface area contributed by atoms with Crippen molar-refractivity contribution in [2.45, 2.75) is 51.4 Å². The van der Waals surface area contributed by atoms with Crippen molar-refractivity contribution in [3.05, 3.63) is 35.4 Å². The highest BCUT2D eigenvalue weighted by Crippen LogP contribution is 2.40. The molecule has 0 atom stereocenters. The van der Waals surface area contributed by atoms with Crippen LogP contribution < -0.4 is 5.32 Å². The van der Waals surface area contributed by atoms with E-state index in [2.05, 4.69) is 43.4 Å². The van der Waals surface area contributed by atoms with Crippen LogP contribution >= 0.6 is 0 Å². The summed E-state index contributed by atoms with van der Waals surface area (Å²) in [5.41, 5.74) is 3.36. The third kappa shape index (κ3) is 2.90. The Morgan fingerprint density at radius 2 is 2.00 bits per heavy atom. The molecule has 0 aromatic heterocycles. The molecular weight excluding hydrogens is 206 g/mol. The third-order valence-electron chi connectivity index (χ3n) is 4.08. The summed E-state index contributed by atoms with van der Waals surface area (Å²) in [6.07, 6.45) is 6.72. The van der Waals surface area contributed by atoms with Gasteiger partial charge in [0.1, 0.15) is 0 Å². The summed E-state index contributed by atoms with van der Waals surface area (Å²) < 4.78 is 0. The molecule has 17 heavy (non-hydrogen) atoms. The Kier molecular flexibility index (Phi) is 4.22. The second-order valence-corrected chi connectivity index (χ2v) is 5.53. The van der Waals surface area contributed by atoms with Crippen LogP contribution in [0.5, 0.6) is 0 Å². The Labute approximate surface area is 106 Å². The topological polar surface area (TPSA) is 12.0 Å². The molecule has 1 saturated carbocycles. The van der Waals surface area contributed by atoms with E-state index in [1.165, 1.54) is 37.7 Å². The fraction of sp³-hybridized carbons (Fsp3) is 0.625. The number of aryl methyl sites for hydroxylation is 1. The molecule has 0 heterocycles. The largest absolute Gasteiger partial charge is 0.316 e. The van der Waals surface area contributed by atoms with Crippen molar-refractivity contribution in [3.8, 4) is 0 Å².